The number of halogens is 1. The number of rotatable bonds is 11. The van der Waals surface area contributed by atoms with Crippen LogP contribution in [0.1, 0.15) is 58.1 Å². The maximum Gasteiger partial charge on any atom is 0.243 e. The van der Waals surface area contributed by atoms with Gasteiger partial charge in [-0.05, 0) is 75.9 Å². The Bertz CT molecular complexity index is 1140. The summed E-state index contributed by atoms with van der Waals surface area (Å²) in [7, 11) is -3.64. The van der Waals surface area contributed by atoms with Crippen molar-refractivity contribution >= 4 is 27.5 Å². The lowest BCUT2D eigenvalue weighted by atomic mass is 10.0. The molecule has 0 fully saturated rings. The second kappa shape index (κ2) is 12.3. The number of benzene rings is 2. The largest absolute Gasteiger partial charge is 0.350 e. The molecule has 7 nitrogen and oxygen atoms in total. The maximum absolute atomic E-state index is 13.5. The average Bonchev–Trinajstić information content (AvgIpc) is 2.76. The fraction of sp³-hybridized carbons (Fsp3) is 0.481. The van der Waals surface area contributed by atoms with Gasteiger partial charge in [0.2, 0.25) is 21.8 Å². The van der Waals surface area contributed by atoms with Crippen LogP contribution in [-0.4, -0.2) is 49.5 Å². The molecule has 0 spiro atoms. The zero-order chi connectivity index (χ0) is 27.1. The van der Waals surface area contributed by atoms with Gasteiger partial charge in [-0.25, -0.2) is 12.8 Å². The van der Waals surface area contributed by atoms with Crippen molar-refractivity contribution in [3.63, 3.8) is 0 Å². The summed E-state index contributed by atoms with van der Waals surface area (Å²) in [4.78, 5) is 28.2. The van der Waals surface area contributed by atoms with Crippen molar-refractivity contribution in [2.45, 2.75) is 72.0 Å². The number of carbonyl (C=O) groups is 2. The van der Waals surface area contributed by atoms with E-state index in [0.29, 0.717) is 12.1 Å². The lowest BCUT2D eigenvalue weighted by molar-refractivity contribution is -0.142. The Morgan fingerprint density at radius 3 is 2.19 bits per heavy atom. The number of amides is 2. The van der Waals surface area contributed by atoms with Gasteiger partial charge in [0.25, 0.3) is 0 Å². The third kappa shape index (κ3) is 8.62. The highest BCUT2D eigenvalue weighted by atomic mass is 32.2. The standard InChI is InChI=1S/C27H38FN3O4S/c1-7-24(26(33)29-27(3,4)5)30(19-21-12-9-8-11-20(21)2)25(32)13-10-18-31(36(6,34)35)23-16-14-22(28)15-17-23/h8-9,11-12,14-17,24H,7,10,13,18-19H2,1-6H3,(H,29,33). The topological polar surface area (TPSA) is 86.8 Å². The molecule has 2 rings (SSSR count). The van der Waals surface area contributed by atoms with E-state index < -0.39 is 27.4 Å². The second-order valence-electron chi connectivity index (χ2n) is 10.0. The van der Waals surface area contributed by atoms with Gasteiger partial charge in [0.05, 0.1) is 11.9 Å². The van der Waals surface area contributed by atoms with E-state index in [-0.39, 0.29) is 37.7 Å². The molecule has 0 saturated heterocycles. The number of hydrogen-bond donors (Lipinski definition) is 1. The normalized spacial score (nSPS) is 12.6. The van der Waals surface area contributed by atoms with Gasteiger partial charge in [0, 0.05) is 25.0 Å². The summed E-state index contributed by atoms with van der Waals surface area (Å²) >= 11 is 0. The molecular formula is C27H38FN3O4S. The second-order valence-corrected chi connectivity index (χ2v) is 11.9. The van der Waals surface area contributed by atoms with Gasteiger partial charge in [0.15, 0.2) is 0 Å². The summed E-state index contributed by atoms with van der Waals surface area (Å²) in [5.74, 6) is -0.925. The number of aryl methyl sites for hydroxylation is 1. The maximum atomic E-state index is 13.5. The molecule has 0 aliphatic heterocycles. The molecule has 0 aliphatic carbocycles. The number of hydrogen-bond acceptors (Lipinski definition) is 4. The first kappa shape index (κ1) is 29.3. The highest BCUT2D eigenvalue weighted by molar-refractivity contribution is 7.92. The molecule has 1 N–H and O–H groups in total. The molecule has 0 aromatic heterocycles. The molecule has 0 saturated carbocycles. The highest BCUT2D eigenvalue weighted by Crippen LogP contribution is 2.21. The molecule has 198 valence electrons. The van der Waals surface area contributed by atoms with Crippen molar-refractivity contribution in [2.24, 2.45) is 0 Å². The molecule has 0 bridgehead atoms. The van der Waals surface area contributed by atoms with Gasteiger partial charge >= 0.3 is 0 Å². The van der Waals surface area contributed by atoms with Crippen molar-refractivity contribution < 1.29 is 22.4 Å². The molecule has 1 unspecified atom stereocenters. The molecular weight excluding hydrogens is 481 g/mol. The average molecular weight is 520 g/mol. The summed E-state index contributed by atoms with van der Waals surface area (Å²) in [5, 5.41) is 2.98. The fourth-order valence-electron chi connectivity index (χ4n) is 3.95. The van der Waals surface area contributed by atoms with Crippen molar-refractivity contribution in [1.82, 2.24) is 10.2 Å². The molecule has 2 amide bonds. The third-order valence-corrected chi connectivity index (χ3v) is 6.95. The van der Waals surface area contributed by atoms with Gasteiger partial charge in [-0.1, -0.05) is 31.2 Å². The monoisotopic (exact) mass is 519 g/mol. The molecule has 0 radical (unpaired) electrons. The fourth-order valence-corrected chi connectivity index (χ4v) is 4.92. The van der Waals surface area contributed by atoms with E-state index in [0.717, 1.165) is 21.7 Å². The Kier molecular flexibility index (Phi) is 10.0. The van der Waals surface area contributed by atoms with Crippen molar-refractivity contribution in [3.05, 3.63) is 65.5 Å². The van der Waals surface area contributed by atoms with Crippen LogP contribution in [0.5, 0.6) is 0 Å². The van der Waals surface area contributed by atoms with Crippen LogP contribution in [0.4, 0.5) is 10.1 Å². The molecule has 2 aromatic rings. The van der Waals surface area contributed by atoms with Crippen LogP contribution in [0.3, 0.4) is 0 Å². The summed E-state index contributed by atoms with van der Waals surface area (Å²) in [6.45, 7) is 9.82. The molecule has 0 heterocycles. The van der Waals surface area contributed by atoms with Crippen molar-refractivity contribution in [3.8, 4) is 0 Å². The quantitative estimate of drug-likeness (QED) is 0.477. The lowest BCUT2D eigenvalue weighted by Gasteiger charge is -2.33. The Balaban J connectivity index is 2.24. The minimum Gasteiger partial charge on any atom is -0.350 e. The Morgan fingerprint density at radius 2 is 1.67 bits per heavy atom. The van der Waals surface area contributed by atoms with E-state index in [4.69, 9.17) is 0 Å². The SMILES string of the molecule is CCC(C(=O)NC(C)(C)C)N(Cc1ccccc1C)C(=O)CCCN(c1ccc(F)cc1)S(C)(=O)=O. The van der Waals surface area contributed by atoms with Gasteiger partial charge in [-0.2, -0.15) is 0 Å². The van der Waals surface area contributed by atoms with Crippen LogP contribution in [0, 0.1) is 12.7 Å². The van der Waals surface area contributed by atoms with E-state index in [1.165, 1.54) is 24.3 Å². The first-order chi connectivity index (χ1) is 16.7. The third-order valence-electron chi connectivity index (χ3n) is 5.75. The smallest absolute Gasteiger partial charge is 0.243 e. The highest BCUT2D eigenvalue weighted by Gasteiger charge is 2.31. The Hall–Kier alpha value is -2.94. The minimum absolute atomic E-state index is 0.0540. The Labute approximate surface area is 214 Å². The van der Waals surface area contributed by atoms with Crippen LogP contribution in [-0.2, 0) is 26.2 Å². The summed E-state index contributed by atoms with van der Waals surface area (Å²) in [6.07, 6.45) is 1.81. The number of anilines is 1. The number of carbonyl (C=O) groups excluding carboxylic acids is 2. The number of nitrogens with zero attached hydrogens (tertiary/aromatic N) is 2. The van der Waals surface area contributed by atoms with E-state index in [1.54, 1.807) is 4.90 Å². The van der Waals surface area contributed by atoms with E-state index in [9.17, 15) is 22.4 Å². The summed E-state index contributed by atoms with van der Waals surface area (Å²) in [5.41, 5.74) is 1.84. The van der Waals surface area contributed by atoms with E-state index in [1.807, 2.05) is 58.9 Å². The predicted octanol–water partition coefficient (Wildman–Crippen LogP) is 4.40. The van der Waals surface area contributed by atoms with E-state index in [2.05, 4.69) is 5.32 Å². The first-order valence-electron chi connectivity index (χ1n) is 12.1. The number of nitrogens with one attached hydrogen (secondary N) is 1. The predicted molar refractivity (Wildman–Crippen MR) is 142 cm³/mol. The van der Waals surface area contributed by atoms with Gasteiger partial charge < -0.3 is 10.2 Å². The van der Waals surface area contributed by atoms with Crippen LogP contribution in [0.15, 0.2) is 48.5 Å². The molecule has 1 atom stereocenters. The number of sulfonamides is 1. The van der Waals surface area contributed by atoms with Gasteiger partial charge in [-0.15, -0.1) is 0 Å². The van der Waals surface area contributed by atoms with Crippen molar-refractivity contribution in [2.75, 3.05) is 17.1 Å². The summed E-state index contributed by atoms with van der Waals surface area (Å²) in [6, 6.07) is 12.2. The first-order valence-corrected chi connectivity index (χ1v) is 14.0. The van der Waals surface area contributed by atoms with Crippen LogP contribution in [0.2, 0.25) is 0 Å². The molecule has 2 aromatic carbocycles. The minimum atomic E-state index is -3.64. The van der Waals surface area contributed by atoms with Crippen LogP contribution in [0.25, 0.3) is 0 Å². The molecule has 9 heteroatoms. The summed E-state index contributed by atoms with van der Waals surface area (Å²) < 4.78 is 39.2. The van der Waals surface area contributed by atoms with E-state index >= 15 is 0 Å². The van der Waals surface area contributed by atoms with Crippen LogP contribution >= 0.6 is 0 Å². The molecule has 36 heavy (non-hydrogen) atoms. The van der Waals surface area contributed by atoms with Gasteiger partial charge in [0.1, 0.15) is 11.9 Å². The zero-order valence-electron chi connectivity index (χ0n) is 22.0. The van der Waals surface area contributed by atoms with Crippen LogP contribution < -0.4 is 9.62 Å². The zero-order valence-corrected chi connectivity index (χ0v) is 22.9. The van der Waals surface area contributed by atoms with Gasteiger partial charge in [-0.3, -0.25) is 13.9 Å². The lowest BCUT2D eigenvalue weighted by Crippen LogP contribution is -2.53. The van der Waals surface area contributed by atoms with Crippen molar-refractivity contribution in [1.29, 1.82) is 0 Å². The Morgan fingerprint density at radius 1 is 1.06 bits per heavy atom. The molecule has 0 aliphatic rings.